The van der Waals surface area contributed by atoms with Crippen LogP contribution in [0.2, 0.25) is 0 Å². The van der Waals surface area contributed by atoms with E-state index in [-0.39, 0.29) is 11.3 Å². The topological polar surface area (TPSA) is 78.3 Å². The summed E-state index contributed by atoms with van der Waals surface area (Å²) in [6.07, 6.45) is 2.31. The molecule has 1 unspecified atom stereocenters. The van der Waals surface area contributed by atoms with Crippen molar-refractivity contribution in [2.45, 2.75) is 31.2 Å². The van der Waals surface area contributed by atoms with Crippen molar-refractivity contribution in [3.05, 3.63) is 41.1 Å². The van der Waals surface area contributed by atoms with E-state index in [2.05, 4.69) is 20.1 Å². The summed E-state index contributed by atoms with van der Waals surface area (Å²) in [4.78, 5) is 16.9. The lowest BCUT2D eigenvalue weighted by Crippen LogP contribution is -2.30. The zero-order valence-corrected chi connectivity index (χ0v) is 15.7. The SMILES string of the molecule is CCC1=C(C(=O)OC)C(c2ccccc2OC(F)F)n2nc(SC)nc2N1. The van der Waals surface area contributed by atoms with Gasteiger partial charge in [0, 0.05) is 11.3 Å². The van der Waals surface area contributed by atoms with E-state index < -0.39 is 18.6 Å². The van der Waals surface area contributed by atoms with Gasteiger partial charge in [-0.3, -0.25) is 0 Å². The van der Waals surface area contributed by atoms with Gasteiger partial charge in [0.2, 0.25) is 11.1 Å². The number of halogens is 2. The lowest BCUT2D eigenvalue weighted by Gasteiger charge is -2.29. The summed E-state index contributed by atoms with van der Waals surface area (Å²) in [5.41, 5.74) is 1.23. The highest BCUT2D eigenvalue weighted by atomic mass is 32.2. The first-order valence-electron chi connectivity index (χ1n) is 8.12. The molecule has 7 nitrogen and oxygen atoms in total. The number of benzene rings is 1. The Kier molecular flexibility index (Phi) is 5.64. The standard InChI is InChI=1S/C17H18F2N4O3S/c1-4-10-12(14(24)25-2)13(23-16(20-10)21-17(22-23)27-3)9-7-5-6-8-11(9)26-15(18)19/h5-8,13,15H,4H2,1-3H3,(H,20,21,22). The van der Waals surface area contributed by atoms with E-state index in [1.165, 1.54) is 29.6 Å². The highest BCUT2D eigenvalue weighted by Crippen LogP contribution is 2.41. The zero-order valence-electron chi connectivity index (χ0n) is 14.9. The number of alkyl halides is 2. The van der Waals surface area contributed by atoms with Gasteiger partial charge >= 0.3 is 12.6 Å². The van der Waals surface area contributed by atoms with E-state index in [9.17, 15) is 13.6 Å². The second kappa shape index (κ2) is 7.95. The van der Waals surface area contributed by atoms with Crippen molar-refractivity contribution in [3.63, 3.8) is 0 Å². The number of rotatable bonds is 6. The molecule has 1 atom stereocenters. The van der Waals surface area contributed by atoms with Crippen LogP contribution in [0.25, 0.3) is 0 Å². The van der Waals surface area contributed by atoms with Gasteiger partial charge in [0.15, 0.2) is 0 Å². The minimum atomic E-state index is -3.00. The lowest BCUT2D eigenvalue weighted by molar-refractivity contribution is -0.136. The van der Waals surface area contributed by atoms with Gasteiger partial charge in [-0.25, -0.2) is 9.48 Å². The number of nitrogens with one attached hydrogen (secondary N) is 1. The predicted molar refractivity (Wildman–Crippen MR) is 96.0 cm³/mol. The number of methoxy groups -OCH3 is 1. The van der Waals surface area contributed by atoms with Crippen molar-refractivity contribution < 1.29 is 23.0 Å². The van der Waals surface area contributed by atoms with Gasteiger partial charge in [-0.1, -0.05) is 36.9 Å². The number of allylic oxidation sites excluding steroid dienone is 1. The number of esters is 1. The zero-order chi connectivity index (χ0) is 19.6. The van der Waals surface area contributed by atoms with Crippen LogP contribution in [0, 0.1) is 0 Å². The molecule has 1 aliphatic heterocycles. The maximum atomic E-state index is 12.9. The van der Waals surface area contributed by atoms with E-state index >= 15 is 0 Å². The predicted octanol–water partition coefficient (Wildman–Crippen LogP) is 3.45. The Morgan fingerprint density at radius 3 is 2.78 bits per heavy atom. The normalized spacial score (nSPS) is 16.1. The summed E-state index contributed by atoms with van der Waals surface area (Å²) in [7, 11) is 1.27. The number of para-hydroxylation sites is 1. The van der Waals surface area contributed by atoms with Crippen LogP contribution in [-0.2, 0) is 9.53 Å². The number of anilines is 1. The summed E-state index contributed by atoms with van der Waals surface area (Å²) in [6.45, 7) is -1.13. The summed E-state index contributed by atoms with van der Waals surface area (Å²) in [5, 5.41) is 7.98. The summed E-state index contributed by atoms with van der Waals surface area (Å²) < 4.78 is 36.9. The van der Waals surface area contributed by atoms with E-state index in [1.807, 2.05) is 13.2 Å². The molecule has 1 aliphatic rings. The highest BCUT2D eigenvalue weighted by Gasteiger charge is 2.37. The molecule has 27 heavy (non-hydrogen) atoms. The first-order chi connectivity index (χ1) is 13.0. The molecule has 0 bridgehead atoms. The van der Waals surface area contributed by atoms with Gasteiger partial charge in [-0.2, -0.15) is 13.8 Å². The Balaban J connectivity index is 2.24. The third-order valence-corrected chi connectivity index (χ3v) is 4.63. The van der Waals surface area contributed by atoms with E-state index in [1.54, 1.807) is 18.2 Å². The van der Waals surface area contributed by atoms with Gasteiger partial charge in [0.1, 0.15) is 11.8 Å². The molecule has 3 rings (SSSR count). The minimum Gasteiger partial charge on any atom is -0.466 e. The fourth-order valence-electron chi connectivity index (χ4n) is 2.97. The van der Waals surface area contributed by atoms with Gasteiger partial charge in [0.05, 0.1) is 12.7 Å². The number of ether oxygens (including phenoxy) is 2. The molecule has 144 valence electrons. The first kappa shape index (κ1) is 19.2. The number of aromatic nitrogens is 3. The number of hydrogen-bond acceptors (Lipinski definition) is 7. The van der Waals surface area contributed by atoms with Crippen LogP contribution in [0.4, 0.5) is 14.7 Å². The van der Waals surface area contributed by atoms with E-state index in [4.69, 9.17) is 4.74 Å². The molecule has 1 N–H and O–H groups in total. The minimum absolute atomic E-state index is 0.0385. The molecule has 0 radical (unpaired) electrons. The van der Waals surface area contributed by atoms with Crippen molar-refractivity contribution in [1.82, 2.24) is 14.8 Å². The fraction of sp³-hybridized carbons (Fsp3) is 0.353. The summed E-state index contributed by atoms with van der Waals surface area (Å²) in [6, 6.07) is 5.50. The van der Waals surface area contributed by atoms with Crippen LogP contribution in [0.1, 0.15) is 24.9 Å². The summed E-state index contributed by atoms with van der Waals surface area (Å²) >= 11 is 1.33. The molecule has 0 aliphatic carbocycles. The quantitative estimate of drug-likeness (QED) is 0.592. The molecule has 0 saturated heterocycles. The van der Waals surface area contributed by atoms with Crippen LogP contribution in [0.5, 0.6) is 5.75 Å². The van der Waals surface area contributed by atoms with Crippen molar-refractivity contribution in [1.29, 1.82) is 0 Å². The average molecular weight is 396 g/mol. The number of nitrogens with zero attached hydrogens (tertiary/aromatic N) is 3. The average Bonchev–Trinajstić information content (AvgIpc) is 3.09. The maximum Gasteiger partial charge on any atom is 0.387 e. The van der Waals surface area contributed by atoms with E-state index in [0.29, 0.717) is 28.8 Å². The Morgan fingerprint density at radius 1 is 1.41 bits per heavy atom. The van der Waals surface area contributed by atoms with Gasteiger partial charge in [0.25, 0.3) is 0 Å². The highest BCUT2D eigenvalue weighted by molar-refractivity contribution is 7.98. The molecule has 10 heteroatoms. The van der Waals surface area contributed by atoms with Crippen LogP contribution in [-0.4, -0.2) is 40.7 Å². The number of carbonyl (C=O) groups excluding carboxylic acids is 1. The van der Waals surface area contributed by atoms with Crippen LogP contribution in [0.15, 0.2) is 40.7 Å². The first-order valence-corrected chi connectivity index (χ1v) is 9.35. The molecule has 1 aromatic carbocycles. The Labute approximate surface area is 158 Å². The Hall–Kier alpha value is -2.62. The van der Waals surface area contributed by atoms with Crippen LogP contribution >= 0.6 is 11.8 Å². The second-order valence-corrected chi connectivity index (χ2v) is 6.32. The lowest BCUT2D eigenvalue weighted by atomic mass is 9.94. The van der Waals surface area contributed by atoms with Crippen molar-refractivity contribution in [2.75, 3.05) is 18.7 Å². The third kappa shape index (κ3) is 3.61. The Morgan fingerprint density at radius 2 is 2.15 bits per heavy atom. The van der Waals surface area contributed by atoms with Crippen molar-refractivity contribution >= 4 is 23.7 Å². The number of carbonyl (C=O) groups is 1. The van der Waals surface area contributed by atoms with E-state index in [0.717, 1.165) is 0 Å². The monoisotopic (exact) mass is 396 g/mol. The Bertz CT molecular complexity index is 885. The fourth-order valence-corrected chi connectivity index (χ4v) is 3.31. The molecule has 1 aromatic heterocycles. The van der Waals surface area contributed by atoms with Gasteiger partial charge < -0.3 is 14.8 Å². The largest absolute Gasteiger partial charge is 0.466 e. The van der Waals surface area contributed by atoms with Crippen molar-refractivity contribution in [2.24, 2.45) is 0 Å². The molecule has 2 heterocycles. The molecule has 0 fully saturated rings. The van der Waals surface area contributed by atoms with Crippen molar-refractivity contribution in [3.8, 4) is 5.75 Å². The molecule has 2 aromatic rings. The smallest absolute Gasteiger partial charge is 0.387 e. The van der Waals surface area contributed by atoms with Gasteiger partial charge in [-0.05, 0) is 18.7 Å². The second-order valence-electron chi connectivity index (χ2n) is 5.55. The van der Waals surface area contributed by atoms with Crippen LogP contribution < -0.4 is 10.1 Å². The van der Waals surface area contributed by atoms with Crippen LogP contribution in [0.3, 0.4) is 0 Å². The summed E-state index contributed by atoms with van der Waals surface area (Å²) in [5.74, 6) is -0.202. The number of thioether (sulfide) groups is 1. The molecule has 0 saturated carbocycles. The van der Waals surface area contributed by atoms with Gasteiger partial charge in [-0.15, -0.1) is 5.10 Å². The molecule has 0 amide bonds. The number of fused-ring (bicyclic) bond motifs is 1. The number of hydrogen-bond donors (Lipinski definition) is 1. The molecule has 0 spiro atoms. The molecular weight excluding hydrogens is 378 g/mol. The molecular formula is C17H18F2N4O3S. The third-order valence-electron chi connectivity index (χ3n) is 4.09. The maximum absolute atomic E-state index is 12.9.